The highest BCUT2D eigenvalue weighted by Crippen LogP contribution is 2.19. The topological polar surface area (TPSA) is 67.9 Å². The van der Waals surface area contributed by atoms with Crippen LogP contribution >= 0.6 is 0 Å². The summed E-state index contributed by atoms with van der Waals surface area (Å²) < 4.78 is 31.1. The average molecular weight is 239 g/mol. The second-order valence-electron chi connectivity index (χ2n) is 3.11. The minimum Gasteiger partial charge on any atom is -0.467 e. The molecule has 0 fully saturated rings. The van der Waals surface area contributed by atoms with Gasteiger partial charge < -0.3 is 4.74 Å². The Bertz CT molecular complexity index is 613. The fourth-order valence-electron chi connectivity index (χ4n) is 1.26. The first-order chi connectivity index (χ1) is 8.10. The SMILES string of the molecule is COc1nc(-c2cc(F)ccc2F)[nH]c(=O)n1. The Labute approximate surface area is 94.1 Å². The summed E-state index contributed by atoms with van der Waals surface area (Å²) >= 11 is 0. The molecule has 0 amide bonds. The Hall–Kier alpha value is -2.31. The van der Waals surface area contributed by atoms with Crippen LogP contribution in [-0.2, 0) is 0 Å². The molecule has 0 saturated heterocycles. The van der Waals surface area contributed by atoms with E-state index in [2.05, 4.69) is 19.7 Å². The molecule has 0 aliphatic carbocycles. The van der Waals surface area contributed by atoms with Gasteiger partial charge in [-0.05, 0) is 18.2 Å². The summed E-state index contributed by atoms with van der Waals surface area (Å²) in [6.07, 6.45) is 0. The monoisotopic (exact) mass is 239 g/mol. The number of benzene rings is 1. The van der Waals surface area contributed by atoms with Crippen molar-refractivity contribution in [3.8, 4) is 17.4 Å². The number of nitrogens with one attached hydrogen (secondary N) is 1. The van der Waals surface area contributed by atoms with E-state index in [-0.39, 0.29) is 17.4 Å². The van der Waals surface area contributed by atoms with Gasteiger partial charge >= 0.3 is 11.7 Å². The van der Waals surface area contributed by atoms with Crippen molar-refractivity contribution in [2.24, 2.45) is 0 Å². The number of aromatic nitrogens is 3. The van der Waals surface area contributed by atoms with Gasteiger partial charge in [0.2, 0.25) is 0 Å². The molecule has 1 N–H and O–H groups in total. The fourth-order valence-corrected chi connectivity index (χ4v) is 1.26. The van der Waals surface area contributed by atoms with Crippen LogP contribution in [0.4, 0.5) is 8.78 Å². The highest BCUT2D eigenvalue weighted by atomic mass is 19.1. The molecule has 0 spiro atoms. The third-order valence-electron chi connectivity index (χ3n) is 2.00. The molecule has 7 heteroatoms. The maximum Gasteiger partial charge on any atom is 0.351 e. The van der Waals surface area contributed by atoms with Gasteiger partial charge in [-0.3, -0.25) is 4.98 Å². The molecule has 0 unspecified atom stereocenters. The van der Waals surface area contributed by atoms with Gasteiger partial charge in [-0.1, -0.05) is 0 Å². The molecule has 0 radical (unpaired) electrons. The number of hydrogen-bond donors (Lipinski definition) is 1. The van der Waals surface area contributed by atoms with E-state index in [1.807, 2.05) is 0 Å². The lowest BCUT2D eigenvalue weighted by atomic mass is 10.2. The molecule has 1 heterocycles. The number of hydrogen-bond acceptors (Lipinski definition) is 4. The molecular formula is C10H7F2N3O2. The van der Waals surface area contributed by atoms with Gasteiger partial charge in [0.15, 0.2) is 0 Å². The van der Waals surface area contributed by atoms with Gasteiger partial charge in [-0.25, -0.2) is 13.6 Å². The largest absolute Gasteiger partial charge is 0.467 e. The summed E-state index contributed by atoms with van der Waals surface area (Å²) in [4.78, 5) is 20.4. The van der Waals surface area contributed by atoms with Crippen molar-refractivity contribution in [3.05, 3.63) is 40.3 Å². The Morgan fingerprint density at radius 2 is 2.06 bits per heavy atom. The van der Waals surface area contributed by atoms with Crippen molar-refractivity contribution in [2.45, 2.75) is 0 Å². The number of halogens is 2. The lowest BCUT2D eigenvalue weighted by molar-refractivity contribution is 0.376. The Balaban J connectivity index is 2.63. The van der Waals surface area contributed by atoms with Crippen molar-refractivity contribution < 1.29 is 13.5 Å². The minimum atomic E-state index is -0.754. The minimum absolute atomic E-state index is 0.140. The van der Waals surface area contributed by atoms with Crippen molar-refractivity contribution in [1.82, 2.24) is 15.0 Å². The molecule has 0 saturated carbocycles. The first-order valence-electron chi connectivity index (χ1n) is 4.58. The lowest BCUT2D eigenvalue weighted by Gasteiger charge is -2.03. The molecular weight excluding hydrogens is 232 g/mol. The summed E-state index contributed by atoms with van der Waals surface area (Å²) in [6, 6.07) is 2.62. The van der Waals surface area contributed by atoms with Crippen LogP contribution < -0.4 is 10.4 Å². The number of aromatic amines is 1. The molecule has 17 heavy (non-hydrogen) atoms. The summed E-state index contributed by atoms with van der Waals surface area (Å²) in [5, 5.41) is 0. The van der Waals surface area contributed by atoms with E-state index in [1.54, 1.807) is 0 Å². The van der Waals surface area contributed by atoms with E-state index in [4.69, 9.17) is 0 Å². The van der Waals surface area contributed by atoms with Crippen LogP contribution in [0.2, 0.25) is 0 Å². The van der Waals surface area contributed by atoms with Gasteiger partial charge in [-0.15, -0.1) is 4.98 Å². The standard InChI is InChI=1S/C10H7F2N3O2/c1-17-10-14-8(13-9(16)15-10)6-4-5(11)2-3-7(6)12/h2-4H,1H3,(H,13,14,15,16). The Morgan fingerprint density at radius 3 is 2.76 bits per heavy atom. The first kappa shape index (κ1) is 11.2. The van der Waals surface area contributed by atoms with E-state index in [9.17, 15) is 13.6 Å². The molecule has 0 bridgehead atoms. The van der Waals surface area contributed by atoms with E-state index < -0.39 is 17.3 Å². The van der Waals surface area contributed by atoms with Crippen molar-refractivity contribution in [3.63, 3.8) is 0 Å². The third-order valence-corrected chi connectivity index (χ3v) is 2.00. The first-order valence-corrected chi connectivity index (χ1v) is 4.58. The van der Waals surface area contributed by atoms with Crippen LogP contribution in [0.15, 0.2) is 23.0 Å². The quantitative estimate of drug-likeness (QED) is 0.852. The molecule has 1 aromatic carbocycles. The van der Waals surface area contributed by atoms with E-state index >= 15 is 0 Å². The van der Waals surface area contributed by atoms with Gasteiger partial charge in [0.1, 0.15) is 17.5 Å². The normalized spacial score (nSPS) is 10.3. The van der Waals surface area contributed by atoms with Crippen LogP contribution in [0, 0.1) is 11.6 Å². The number of methoxy groups -OCH3 is 1. The number of ether oxygens (including phenoxy) is 1. The smallest absolute Gasteiger partial charge is 0.351 e. The second kappa shape index (κ2) is 4.28. The van der Waals surface area contributed by atoms with Gasteiger partial charge in [0.25, 0.3) is 0 Å². The lowest BCUT2D eigenvalue weighted by Crippen LogP contribution is -2.14. The third kappa shape index (κ3) is 2.27. The van der Waals surface area contributed by atoms with Crippen molar-refractivity contribution >= 4 is 0 Å². The molecule has 88 valence electrons. The Morgan fingerprint density at radius 1 is 1.29 bits per heavy atom. The summed E-state index contributed by atoms with van der Waals surface area (Å²) in [5.74, 6) is -1.48. The molecule has 0 aliphatic heterocycles. The van der Waals surface area contributed by atoms with Gasteiger partial charge in [0.05, 0.1) is 12.7 Å². The second-order valence-corrected chi connectivity index (χ2v) is 3.11. The zero-order valence-electron chi connectivity index (χ0n) is 8.70. The van der Waals surface area contributed by atoms with Gasteiger partial charge in [0, 0.05) is 0 Å². The molecule has 5 nitrogen and oxygen atoms in total. The predicted molar refractivity (Wildman–Crippen MR) is 54.6 cm³/mol. The van der Waals surface area contributed by atoms with Crippen molar-refractivity contribution in [1.29, 1.82) is 0 Å². The van der Waals surface area contributed by atoms with E-state index in [0.717, 1.165) is 18.2 Å². The molecule has 2 aromatic rings. The van der Waals surface area contributed by atoms with Crippen LogP contribution in [0.25, 0.3) is 11.4 Å². The molecule has 2 rings (SSSR count). The number of H-pyrrole nitrogens is 1. The van der Waals surface area contributed by atoms with E-state index in [1.165, 1.54) is 7.11 Å². The maximum absolute atomic E-state index is 13.4. The maximum atomic E-state index is 13.4. The summed E-state index contributed by atoms with van der Waals surface area (Å²) in [7, 11) is 1.26. The Kier molecular flexibility index (Phi) is 2.82. The number of rotatable bonds is 2. The fraction of sp³-hybridized carbons (Fsp3) is 0.100. The molecule has 0 atom stereocenters. The average Bonchev–Trinajstić information content (AvgIpc) is 2.31. The zero-order chi connectivity index (χ0) is 12.4. The van der Waals surface area contributed by atoms with Crippen LogP contribution in [0.1, 0.15) is 0 Å². The predicted octanol–water partition coefficient (Wildman–Crippen LogP) is 1.12. The number of nitrogens with zero attached hydrogens (tertiary/aromatic N) is 2. The molecule has 1 aromatic heterocycles. The van der Waals surface area contributed by atoms with Crippen molar-refractivity contribution in [2.75, 3.05) is 7.11 Å². The highest BCUT2D eigenvalue weighted by Gasteiger charge is 2.11. The summed E-state index contributed by atoms with van der Waals surface area (Å²) in [5.41, 5.74) is -0.918. The zero-order valence-corrected chi connectivity index (χ0v) is 8.70. The van der Waals surface area contributed by atoms with Crippen LogP contribution in [0.3, 0.4) is 0 Å². The highest BCUT2D eigenvalue weighted by molar-refractivity contribution is 5.55. The van der Waals surface area contributed by atoms with Crippen LogP contribution in [-0.4, -0.2) is 22.1 Å². The summed E-state index contributed by atoms with van der Waals surface area (Å²) in [6.45, 7) is 0. The van der Waals surface area contributed by atoms with Gasteiger partial charge in [-0.2, -0.15) is 4.98 Å². The van der Waals surface area contributed by atoms with E-state index in [0.29, 0.717) is 0 Å². The van der Waals surface area contributed by atoms with Crippen LogP contribution in [0.5, 0.6) is 6.01 Å². The molecule has 0 aliphatic rings.